The van der Waals surface area contributed by atoms with Gasteiger partial charge in [0.1, 0.15) is 36.6 Å². The molecule has 2 rings (SSSR count). The Kier molecular flexibility index (Phi) is 5.31. The van der Waals surface area contributed by atoms with Crippen LogP contribution in [0.2, 0.25) is 0 Å². The molecule has 11 nitrogen and oxygen atoms in total. The molecule has 136 valence electrons. The molecule has 0 spiro atoms. The molecule has 11 heteroatoms. The monoisotopic (exact) mass is 342 g/mol. The van der Waals surface area contributed by atoms with Crippen LogP contribution in [-0.2, 0) is 9.47 Å². The number of aliphatic hydroxyl groups is 9. The Morgan fingerprint density at radius 3 is 2.00 bits per heavy atom. The van der Waals surface area contributed by atoms with E-state index < -0.39 is 73.9 Å². The van der Waals surface area contributed by atoms with Gasteiger partial charge in [-0.1, -0.05) is 0 Å². The predicted octanol–water partition coefficient (Wildman–Crippen LogP) is -6.01. The number of rotatable bonds is 3. The minimum Gasteiger partial charge on any atom is -0.394 e. The van der Waals surface area contributed by atoms with Gasteiger partial charge in [0.25, 0.3) is 0 Å². The molecule has 2 aliphatic heterocycles. The van der Waals surface area contributed by atoms with E-state index in [4.69, 9.17) is 14.6 Å². The van der Waals surface area contributed by atoms with Crippen molar-refractivity contribution in [2.24, 2.45) is 0 Å². The molecule has 0 aromatic heterocycles. The van der Waals surface area contributed by atoms with Gasteiger partial charge in [-0.05, 0) is 0 Å². The lowest BCUT2D eigenvalue weighted by Gasteiger charge is -2.58. The van der Waals surface area contributed by atoms with Crippen molar-refractivity contribution in [1.29, 1.82) is 0 Å². The van der Waals surface area contributed by atoms with Crippen molar-refractivity contribution in [2.45, 2.75) is 54.1 Å². The Morgan fingerprint density at radius 2 is 1.48 bits per heavy atom. The Morgan fingerprint density at radius 1 is 0.870 bits per heavy atom. The van der Waals surface area contributed by atoms with E-state index in [1.54, 1.807) is 0 Å². The molecule has 2 fully saturated rings. The van der Waals surface area contributed by atoms with Gasteiger partial charge in [-0.3, -0.25) is 0 Å². The number of ether oxygens (including phenoxy) is 2. The van der Waals surface area contributed by atoms with Crippen LogP contribution < -0.4 is 0 Å². The van der Waals surface area contributed by atoms with E-state index in [0.717, 1.165) is 0 Å². The molecular weight excluding hydrogens is 320 g/mol. The maximum absolute atomic E-state index is 10.8. The second kappa shape index (κ2) is 6.46. The van der Waals surface area contributed by atoms with Crippen LogP contribution >= 0.6 is 0 Å². The molecule has 0 radical (unpaired) electrons. The van der Waals surface area contributed by atoms with E-state index in [1.807, 2.05) is 0 Å². The summed E-state index contributed by atoms with van der Waals surface area (Å²) in [6.07, 6.45) is -13.7. The van der Waals surface area contributed by atoms with Crippen molar-refractivity contribution in [1.82, 2.24) is 0 Å². The van der Waals surface area contributed by atoms with Crippen LogP contribution in [0.25, 0.3) is 0 Å². The van der Waals surface area contributed by atoms with Gasteiger partial charge in [-0.25, -0.2) is 0 Å². The normalized spacial score (nSPS) is 54.9. The molecule has 0 aromatic carbocycles. The van der Waals surface area contributed by atoms with Gasteiger partial charge in [0, 0.05) is 0 Å². The van der Waals surface area contributed by atoms with Crippen LogP contribution in [0, 0.1) is 0 Å². The lowest BCUT2D eigenvalue weighted by molar-refractivity contribution is -0.407. The third-order valence-corrected chi connectivity index (χ3v) is 4.60. The second-order valence-corrected chi connectivity index (χ2v) is 5.81. The standard InChI is InChI=1S/C12H22O11/c13-1-5-7(16)9(18)12(21,10(19)23-5)11(20)6(2-14)22-3-4(15)8(11)17/h4-10,13-21H,1-3H2/t4-,5?,6+,7?,8+,9?,10?,11+,12?/m0/s1. The van der Waals surface area contributed by atoms with Gasteiger partial charge in [0.2, 0.25) is 0 Å². The first-order valence-corrected chi connectivity index (χ1v) is 7.00. The molecule has 2 heterocycles. The van der Waals surface area contributed by atoms with E-state index >= 15 is 0 Å². The summed E-state index contributed by atoms with van der Waals surface area (Å²) in [4.78, 5) is 0. The maximum atomic E-state index is 10.8. The van der Waals surface area contributed by atoms with Crippen LogP contribution in [0.3, 0.4) is 0 Å². The lowest BCUT2D eigenvalue weighted by Crippen LogP contribution is -2.84. The molecule has 9 N–H and O–H groups in total. The third kappa shape index (κ3) is 2.49. The van der Waals surface area contributed by atoms with Crippen LogP contribution in [0.4, 0.5) is 0 Å². The molecule has 2 saturated heterocycles. The molecule has 5 unspecified atom stereocenters. The Bertz CT molecular complexity index is 418. The zero-order valence-electron chi connectivity index (χ0n) is 12.0. The first kappa shape index (κ1) is 18.9. The van der Waals surface area contributed by atoms with Crippen LogP contribution in [0.5, 0.6) is 0 Å². The minimum atomic E-state index is -3.13. The van der Waals surface area contributed by atoms with Crippen molar-refractivity contribution < 1.29 is 55.4 Å². The first-order valence-electron chi connectivity index (χ1n) is 7.00. The predicted molar refractivity (Wildman–Crippen MR) is 68.7 cm³/mol. The molecule has 0 saturated carbocycles. The molecule has 0 amide bonds. The molecule has 0 bridgehead atoms. The second-order valence-electron chi connectivity index (χ2n) is 5.81. The van der Waals surface area contributed by atoms with Crippen LogP contribution in [0.1, 0.15) is 0 Å². The highest BCUT2D eigenvalue weighted by atomic mass is 16.7. The number of aliphatic hydroxyl groups excluding tert-OH is 7. The van der Waals surface area contributed by atoms with Gasteiger partial charge >= 0.3 is 0 Å². The Hall–Kier alpha value is -0.440. The maximum Gasteiger partial charge on any atom is 0.190 e. The van der Waals surface area contributed by atoms with Gasteiger partial charge in [0.05, 0.1) is 19.8 Å². The first-order chi connectivity index (χ1) is 10.7. The molecule has 23 heavy (non-hydrogen) atoms. The van der Waals surface area contributed by atoms with E-state index in [0.29, 0.717) is 0 Å². The van der Waals surface area contributed by atoms with Gasteiger partial charge in [-0.2, -0.15) is 0 Å². The van der Waals surface area contributed by atoms with Crippen molar-refractivity contribution in [3.63, 3.8) is 0 Å². The molecule has 0 aliphatic carbocycles. The van der Waals surface area contributed by atoms with Crippen molar-refractivity contribution >= 4 is 0 Å². The topological polar surface area (TPSA) is 201 Å². The minimum absolute atomic E-state index is 0.486. The summed E-state index contributed by atoms with van der Waals surface area (Å²) in [5.74, 6) is 0. The van der Waals surface area contributed by atoms with Crippen molar-refractivity contribution in [3.8, 4) is 0 Å². The third-order valence-electron chi connectivity index (χ3n) is 4.60. The fourth-order valence-electron chi connectivity index (χ4n) is 3.15. The summed E-state index contributed by atoms with van der Waals surface area (Å²) in [6.45, 7) is -2.24. The zero-order valence-corrected chi connectivity index (χ0v) is 12.0. The highest BCUT2D eigenvalue weighted by molar-refractivity contribution is 5.19. The van der Waals surface area contributed by atoms with Crippen LogP contribution in [0.15, 0.2) is 0 Å². The Balaban J connectivity index is 2.49. The summed E-state index contributed by atoms with van der Waals surface area (Å²) in [7, 11) is 0. The highest BCUT2D eigenvalue weighted by Gasteiger charge is 2.72. The van der Waals surface area contributed by atoms with Crippen molar-refractivity contribution in [3.05, 3.63) is 0 Å². The van der Waals surface area contributed by atoms with Gasteiger partial charge < -0.3 is 55.4 Å². The van der Waals surface area contributed by atoms with Gasteiger partial charge in [0.15, 0.2) is 17.5 Å². The summed E-state index contributed by atoms with van der Waals surface area (Å²) < 4.78 is 9.73. The van der Waals surface area contributed by atoms with Crippen molar-refractivity contribution in [2.75, 3.05) is 19.8 Å². The largest absolute Gasteiger partial charge is 0.394 e. The van der Waals surface area contributed by atoms with Gasteiger partial charge in [-0.15, -0.1) is 0 Å². The van der Waals surface area contributed by atoms with E-state index in [1.165, 1.54) is 0 Å². The number of hydrogen-bond acceptors (Lipinski definition) is 11. The molecule has 9 atom stereocenters. The summed E-state index contributed by atoms with van der Waals surface area (Å²) in [5, 5.41) is 89.6. The smallest absolute Gasteiger partial charge is 0.190 e. The molecule has 0 aromatic rings. The fraction of sp³-hybridized carbons (Fsp3) is 1.00. The van der Waals surface area contributed by atoms with Crippen LogP contribution in [-0.4, -0.2) is 120 Å². The zero-order chi connectivity index (χ0) is 17.6. The SMILES string of the molecule is OCC1OC(O)C(O)([C@]2(O)[C@H](O)[C@@H](O)CO[C@@H]2CO)C(O)C1O. The van der Waals surface area contributed by atoms with E-state index in [-0.39, 0.29) is 0 Å². The summed E-state index contributed by atoms with van der Waals surface area (Å²) in [6, 6.07) is 0. The summed E-state index contributed by atoms with van der Waals surface area (Å²) in [5.41, 5.74) is -6.12. The van der Waals surface area contributed by atoms with E-state index in [9.17, 15) is 40.9 Å². The number of hydrogen-bond donors (Lipinski definition) is 9. The molecular formula is C12H22O11. The average molecular weight is 342 g/mol. The quantitative estimate of drug-likeness (QED) is 0.236. The Labute approximate surface area is 130 Å². The fourth-order valence-corrected chi connectivity index (χ4v) is 3.15. The molecule has 2 aliphatic rings. The lowest BCUT2D eigenvalue weighted by atomic mass is 9.66. The summed E-state index contributed by atoms with van der Waals surface area (Å²) >= 11 is 0. The highest BCUT2D eigenvalue weighted by Crippen LogP contribution is 2.44. The van der Waals surface area contributed by atoms with E-state index in [2.05, 4.69) is 0 Å². The average Bonchev–Trinajstić information content (AvgIpc) is 2.54.